The summed E-state index contributed by atoms with van der Waals surface area (Å²) in [5, 5.41) is 14.0. The number of carbonyl (C=O) groups is 3. The Hall–Kier alpha value is -4.50. The molecule has 3 heterocycles. The summed E-state index contributed by atoms with van der Waals surface area (Å²) in [6, 6.07) is 18.6. The molecular weight excluding hydrogens is 496 g/mol. The van der Waals surface area contributed by atoms with Crippen LogP contribution in [0.25, 0.3) is 6.08 Å². The number of carbonyl (C=O) groups excluding carboxylic acids is 3. The van der Waals surface area contributed by atoms with Gasteiger partial charge in [-0.25, -0.2) is 4.90 Å². The SMILES string of the molecule is O=C(Nc1ccc(Cl)c([N+](=O)[O-])c1)[C@@H]1[C@@H]2C(=O)N(c3ccccc3)C(=O)[C@H]2[C@@H]2c3ccccc3C=CN12. The van der Waals surface area contributed by atoms with Gasteiger partial charge in [0.1, 0.15) is 11.1 Å². The second-order valence-corrected chi connectivity index (χ2v) is 9.50. The minimum atomic E-state index is -1.01. The molecule has 0 saturated carbocycles. The number of nitro groups is 1. The van der Waals surface area contributed by atoms with Gasteiger partial charge in [-0.1, -0.05) is 54.1 Å². The summed E-state index contributed by atoms with van der Waals surface area (Å²) in [6.07, 6.45) is 3.59. The molecule has 3 aromatic carbocycles. The average molecular weight is 515 g/mol. The minimum absolute atomic E-state index is 0.0605. The molecule has 10 heteroatoms. The third kappa shape index (κ3) is 3.50. The van der Waals surface area contributed by atoms with Gasteiger partial charge in [0, 0.05) is 18.0 Å². The molecule has 0 aliphatic carbocycles. The van der Waals surface area contributed by atoms with Gasteiger partial charge in [-0.05, 0) is 41.5 Å². The monoisotopic (exact) mass is 514 g/mol. The van der Waals surface area contributed by atoms with E-state index in [2.05, 4.69) is 5.32 Å². The Morgan fingerprint density at radius 1 is 0.946 bits per heavy atom. The number of fused-ring (bicyclic) bond motifs is 5. The van der Waals surface area contributed by atoms with Crippen LogP contribution in [0, 0.1) is 22.0 Å². The molecule has 0 radical (unpaired) electrons. The Labute approximate surface area is 216 Å². The molecule has 0 bridgehead atoms. The number of hydrogen-bond donors (Lipinski definition) is 1. The average Bonchev–Trinajstić information content (AvgIpc) is 3.38. The lowest BCUT2D eigenvalue weighted by Gasteiger charge is -2.35. The van der Waals surface area contributed by atoms with Crippen molar-refractivity contribution in [2.45, 2.75) is 12.1 Å². The number of benzene rings is 3. The van der Waals surface area contributed by atoms with E-state index in [1.165, 1.54) is 23.1 Å². The van der Waals surface area contributed by atoms with Crippen molar-refractivity contribution in [3.63, 3.8) is 0 Å². The Morgan fingerprint density at radius 3 is 2.41 bits per heavy atom. The summed E-state index contributed by atoms with van der Waals surface area (Å²) in [5.41, 5.74) is 2.03. The Bertz CT molecular complexity index is 1510. The smallest absolute Gasteiger partial charge is 0.289 e. The highest BCUT2D eigenvalue weighted by atomic mass is 35.5. The van der Waals surface area contributed by atoms with E-state index in [1.54, 1.807) is 41.4 Å². The van der Waals surface area contributed by atoms with Gasteiger partial charge in [-0.15, -0.1) is 0 Å². The Balaban J connectivity index is 1.42. The summed E-state index contributed by atoms with van der Waals surface area (Å²) in [5.74, 6) is -3.10. The molecule has 9 nitrogen and oxygen atoms in total. The van der Waals surface area contributed by atoms with Gasteiger partial charge in [0.2, 0.25) is 17.7 Å². The van der Waals surface area contributed by atoms with Crippen molar-refractivity contribution in [3.05, 3.63) is 105 Å². The number of rotatable bonds is 4. The lowest BCUT2D eigenvalue weighted by molar-refractivity contribution is -0.384. The fraction of sp³-hybridized carbons (Fsp3) is 0.148. The largest absolute Gasteiger partial charge is 0.357 e. The summed E-state index contributed by atoms with van der Waals surface area (Å²) >= 11 is 5.92. The van der Waals surface area contributed by atoms with Crippen molar-refractivity contribution in [2.24, 2.45) is 11.8 Å². The number of anilines is 2. The first-order valence-electron chi connectivity index (χ1n) is 11.6. The van der Waals surface area contributed by atoms with Crippen molar-refractivity contribution < 1.29 is 19.3 Å². The van der Waals surface area contributed by atoms with Crippen LogP contribution in [0.2, 0.25) is 5.02 Å². The highest BCUT2D eigenvalue weighted by Gasteiger charge is 2.64. The van der Waals surface area contributed by atoms with Crippen molar-refractivity contribution in [1.82, 2.24) is 4.90 Å². The lowest BCUT2D eigenvalue weighted by atomic mass is 9.84. The van der Waals surface area contributed by atoms with Crippen LogP contribution in [-0.2, 0) is 14.4 Å². The van der Waals surface area contributed by atoms with Crippen molar-refractivity contribution in [3.8, 4) is 0 Å². The van der Waals surface area contributed by atoms with E-state index in [1.807, 2.05) is 30.3 Å². The first kappa shape index (κ1) is 22.9. The van der Waals surface area contributed by atoms with E-state index in [4.69, 9.17) is 11.6 Å². The van der Waals surface area contributed by atoms with Gasteiger partial charge < -0.3 is 10.2 Å². The molecule has 6 rings (SSSR count). The highest BCUT2D eigenvalue weighted by molar-refractivity contribution is 6.32. The number of hydrogen-bond acceptors (Lipinski definition) is 6. The number of nitrogens with zero attached hydrogens (tertiary/aromatic N) is 3. The molecule has 4 atom stereocenters. The number of imide groups is 1. The fourth-order valence-corrected chi connectivity index (χ4v) is 5.82. The standard InChI is InChI=1S/C27H19ClN4O5/c28-19-11-10-16(14-20(19)32(36)37)29-25(33)24-22-21(23-18-9-5-4-6-15(18)12-13-30(23)24)26(34)31(27(22)35)17-7-2-1-3-8-17/h1-14,21-24H,(H,29,33)/t21-,22-,23+,24+/m1/s1. The Morgan fingerprint density at radius 2 is 1.65 bits per heavy atom. The molecule has 1 N–H and O–H groups in total. The van der Waals surface area contributed by atoms with Gasteiger partial charge in [-0.2, -0.15) is 0 Å². The first-order valence-corrected chi connectivity index (χ1v) is 12.0. The Kier molecular flexibility index (Phi) is 5.31. The zero-order valence-corrected chi connectivity index (χ0v) is 19.9. The summed E-state index contributed by atoms with van der Waals surface area (Å²) in [6.45, 7) is 0. The van der Waals surface area contributed by atoms with Crippen molar-refractivity contribution >= 4 is 52.5 Å². The van der Waals surface area contributed by atoms with Crippen LogP contribution in [0.15, 0.2) is 79.0 Å². The molecular formula is C27H19ClN4O5. The van der Waals surface area contributed by atoms with E-state index in [0.29, 0.717) is 5.69 Å². The molecule has 0 unspecified atom stereocenters. The molecule has 3 aliphatic rings. The van der Waals surface area contributed by atoms with Gasteiger partial charge in [0.25, 0.3) is 5.69 Å². The lowest BCUT2D eigenvalue weighted by Crippen LogP contribution is -2.46. The van der Waals surface area contributed by atoms with E-state index >= 15 is 0 Å². The van der Waals surface area contributed by atoms with Crippen LogP contribution >= 0.6 is 11.6 Å². The number of nitro benzene ring substituents is 1. The zero-order valence-electron chi connectivity index (χ0n) is 19.2. The third-order valence-electron chi connectivity index (χ3n) is 7.15. The molecule has 2 fully saturated rings. The van der Waals surface area contributed by atoms with Crippen LogP contribution in [-0.4, -0.2) is 33.6 Å². The molecule has 0 aromatic heterocycles. The topological polar surface area (TPSA) is 113 Å². The van der Waals surface area contributed by atoms with Gasteiger partial charge in [0.15, 0.2) is 0 Å². The molecule has 184 valence electrons. The van der Waals surface area contributed by atoms with Crippen LogP contribution in [0.4, 0.5) is 17.1 Å². The minimum Gasteiger partial charge on any atom is -0.357 e. The quantitative estimate of drug-likeness (QED) is 0.313. The maximum absolute atomic E-state index is 13.8. The highest BCUT2D eigenvalue weighted by Crippen LogP contribution is 2.53. The van der Waals surface area contributed by atoms with Crippen LogP contribution in [0.3, 0.4) is 0 Å². The second kappa shape index (κ2) is 8.56. The zero-order chi connectivity index (χ0) is 25.8. The normalized spacial score (nSPS) is 23.5. The molecule has 3 aliphatic heterocycles. The summed E-state index contributed by atoms with van der Waals surface area (Å²) in [4.78, 5) is 54.9. The maximum atomic E-state index is 13.8. The molecule has 2 saturated heterocycles. The predicted molar refractivity (Wildman–Crippen MR) is 136 cm³/mol. The maximum Gasteiger partial charge on any atom is 0.289 e. The molecule has 3 amide bonds. The predicted octanol–water partition coefficient (Wildman–Crippen LogP) is 4.40. The van der Waals surface area contributed by atoms with E-state index in [0.717, 1.165) is 11.1 Å². The summed E-state index contributed by atoms with van der Waals surface area (Å²) < 4.78 is 0. The van der Waals surface area contributed by atoms with E-state index in [-0.39, 0.29) is 22.3 Å². The second-order valence-electron chi connectivity index (χ2n) is 9.09. The van der Waals surface area contributed by atoms with E-state index in [9.17, 15) is 24.5 Å². The van der Waals surface area contributed by atoms with Crippen LogP contribution < -0.4 is 10.2 Å². The van der Waals surface area contributed by atoms with Crippen LogP contribution in [0.1, 0.15) is 17.2 Å². The fourth-order valence-electron chi connectivity index (χ4n) is 5.64. The molecule has 0 spiro atoms. The number of nitrogens with one attached hydrogen (secondary N) is 1. The van der Waals surface area contributed by atoms with Crippen molar-refractivity contribution in [2.75, 3.05) is 10.2 Å². The van der Waals surface area contributed by atoms with Gasteiger partial charge >= 0.3 is 0 Å². The van der Waals surface area contributed by atoms with Gasteiger partial charge in [0.05, 0.1) is 28.5 Å². The number of halogens is 1. The number of amides is 3. The number of para-hydroxylation sites is 1. The first-order chi connectivity index (χ1) is 17.9. The van der Waals surface area contributed by atoms with Crippen LogP contribution in [0.5, 0.6) is 0 Å². The molecule has 37 heavy (non-hydrogen) atoms. The van der Waals surface area contributed by atoms with E-state index < -0.39 is 40.7 Å². The third-order valence-corrected chi connectivity index (χ3v) is 7.47. The summed E-state index contributed by atoms with van der Waals surface area (Å²) in [7, 11) is 0. The molecule has 3 aromatic rings. The van der Waals surface area contributed by atoms with Gasteiger partial charge in [-0.3, -0.25) is 24.5 Å². The van der Waals surface area contributed by atoms with Crippen molar-refractivity contribution in [1.29, 1.82) is 0 Å².